The molecule has 6 nitrogen and oxygen atoms in total. The fourth-order valence-electron chi connectivity index (χ4n) is 3.27. The van der Waals surface area contributed by atoms with Crippen molar-refractivity contribution in [2.45, 2.75) is 39.5 Å². The van der Waals surface area contributed by atoms with Gasteiger partial charge in [0.25, 0.3) is 6.43 Å². The Morgan fingerprint density at radius 1 is 1.44 bits per heavy atom. The second kappa shape index (κ2) is 6.50. The number of Topliss-reactive ketones (excluding diaryl/α,β-unsaturated/α-hetero) is 1. The van der Waals surface area contributed by atoms with Crippen LogP contribution in [0.5, 0.6) is 5.75 Å². The molecule has 2 heterocycles. The number of hydrogen-bond acceptors (Lipinski definition) is 6. The number of ether oxygens (including phenoxy) is 1. The molecular formula is C17H19F2N3O3. The van der Waals surface area contributed by atoms with E-state index >= 15 is 0 Å². The summed E-state index contributed by atoms with van der Waals surface area (Å²) in [5.41, 5.74) is 0.232. The fourth-order valence-corrected chi connectivity index (χ4v) is 3.27. The Morgan fingerprint density at radius 2 is 2.20 bits per heavy atom. The van der Waals surface area contributed by atoms with Gasteiger partial charge in [0, 0.05) is 11.8 Å². The number of pyridine rings is 1. The van der Waals surface area contributed by atoms with Gasteiger partial charge in [0.1, 0.15) is 23.8 Å². The van der Waals surface area contributed by atoms with Crippen molar-refractivity contribution in [1.29, 1.82) is 0 Å². The summed E-state index contributed by atoms with van der Waals surface area (Å²) in [6, 6.07) is 3.11. The minimum Gasteiger partial charge on any atom is -0.486 e. The Balaban J connectivity index is 1.71. The Labute approximate surface area is 143 Å². The van der Waals surface area contributed by atoms with E-state index in [1.165, 1.54) is 12.3 Å². The van der Waals surface area contributed by atoms with Gasteiger partial charge in [-0.2, -0.15) is 4.98 Å². The molecule has 2 aromatic rings. The molecule has 3 rings (SSSR count). The number of hydrogen-bond donors (Lipinski definition) is 0. The van der Waals surface area contributed by atoms with E-state index in [2.05, 4.69) is 15.1 Å². The van der Waals surface area contributed by atoms with E-state index in [0.717, 1.165) is 0 Å². The quantitative estimate of drug-likeness (QED) is 0.793. The van der Waals surface area contributed by atoms with E-state index in [1.54, 1.807) is 13.0 Å². The van der Waals surface area contributed by atoms with Crippen molar-refractivity contribution in [3.63, 3.8) is 0 Å². The number of halogens is 2. The molecule has 0 amide bonds. The topological polar surface area (TPSA) is 78.1 Å². The Morgan fingerprint density at radius 3 is 2.76 bits per heavy atom. The SMILES string of the molecule is CC(=O)[C@@H]1C[C@H](c2nc(-c3ccc(OCC(F)F)cn3)no2)C1(C)C. The first-order chi connectivity index (χ1) is 11.8. The van der Waals surface area contributed by atoms with Crippen molar-refractivity contribution in [3.05, 3.63) is 24.2 Å². The minimum absolute atomic E-state index is 0.00255. The average Bonchev–Trinajstić information content (AvgIpc) is 3.01. The number of rotatable bonds is 6. The first-order valence-corrected chi connectivity index (χ1v) is 8.00. The van der Waals surface area contributed by atoms with E-state index in [1.807, 2.05) is 13.8 Å². The maximum Gasteiger partial charge on any atom is 0.272 e. The number of aromatic nitrogens is 3. The summed E-state index contributed by atoms with van der Waals surface area (Å²) in [5, 5.41) is 3.93. The zero-order chi connectivity index (χ0) is 18.2. The van der Waals surface area contributed by atoms with Gasteiger partial charge >= 0.3 is 0 Å². The lowest BCUT2D eigenvalue weighted by Gasteiger charge is -2.49. The number of carbonyl (C=O) groups excluding carboxylic acids is 1. The van der Waals surface area contributed by atoms with E-state index in [-0.39, 0.29) is 28.8 Å². The maximum absolute atomic E-state index is 12.1. The molecule has 2 aromatic heterocycles. The number of nitrogens with zero attached hydrogens (tertiary/aromatic N) is 3. The molecule has 1 aliphatic rings. The van der Waals surface area contributed by atoms with Crippen LogP contribution in [-0.4, -0.2) is 33.9 Å². The molecule has 0 radical (unpaired) electrons. The van der Waals surface area contributed by atoms with Crippen molar-refractivity contribution in [2.75, 3.05) is 6.61 Å². The largest absolute Gasteiger partial charge is 0.486 e. The van der Waals surface area contributed by atoms with Crippen LogP contribution in [0.15, 0.2) is 22.9 Å². The van der Waals surface area contributed by atoms with Crippen LogP contribution in [0.25, 0.3) is 11.5 Å². The molecule has 2 atom stereocenters. The highest BCUT2D eigenvalue weighted by atomic mass is 19.3. The van der Waals surface area contributed by atoms with Gasteiger partial charge in [-0.3, -0.25) is 4.79 Å². The van der Waals surface area contributed by atoms with Crippen LogP contribution in [0, 0.1) is 11.3 Å². The van der Waals surface area contributed by atoms with Gasteiger partial charge in [-0.1, -0.05) is 19.0 Å². The van der Waals surface area contributed by atoms with Crippen LogP contribution in [0.1, 0.15) is 39.0 Å². The monoisotopic (exact) mass is 351 g/mol. The molecule has 0 spiro atoms. The number of carbonyl (C=O) groups is 1. The molecule has 0 aliphatic heterocycles. The third-order valence-corrected chi connectivity index (χ3v) is 4.84. The summed E-state index contributed by atoms with van der Waals surface area (Å²) in [6.45, 7) is 4.96. The number of ketones is 1. The van der Waals surface area contributed by atoms with Crippen LogP contribution in [0.2, 0.25) is 0 Å². The molecule has 0 saturated heterocycles. The van der Waals surface area contributed by atoms with Crippen molar-refractivity contribution >= 4 is 5.78 Å². The first kappa shape index (κ1) is 17.4. The fraction of sp³-hybridized carbons (Fsp3) is 0.529. The van der Waals surface area contributed by atoms with Crippen molar-refractivity contribution in [3.8, 4) is 17.3 Å². The summed E-state index contributed by atoms with van der Waals surface area (Å²) >= 11 is 0. The lowest BCUT2D eigenvalue weighted by molar-refractivity contribution is -0.132. The minimum atomic E-state index is -2.54. The van der Waals surface area contributed by atoms with Crippen molar-refractivity contribution in [2.24, 2.45) is 11.3 Å². The highest BCUT2D eigenvalue weighted by molar-refractivity contribution is 5.80. The molecule has 25 heavy (non-hydrogen) atoms. The maximum atomic E-state index is 12.1. The molecule has 0 aromatic carbocycles. The third kappa shape index (κ3) is 3.38. The highest BCUT2D eigenvalue weighted by Crippen LogP contribution is 2.56. The van der Waals surface area contributed by atoms with Gasteiger partial charge < -0.3 is 9.26 Å². The molecule has 1 saturated carbocycles. The van der Waals surface area contributed by atoms with Gasteiger partial charge in [0.2, 0.25) is 11.7 Å². The summed E-state index contributed by atoms with van der Waals surface area (Å²) in [6.07, 6.45) is -0.506. The van der Waals surface area contributed by atoms with Crippen LogP contribution in [-0.2, 0) is 4.79 Å². The molecule has 0 N–H and O–H groups in total. The highest BCUT2D eigenvalue weighted by Gasteiger charge is 2.53. The molecule has 0 unspecified atom stereocenters. The zero-order valence-electron chi connectivity index (χ0n) is 14.2. The second-order valence-corrected chi connectivity index (χ2v) is 6.81. The average molecular weight is 351 g/mol. The second-order valence-electron chi connectivity index (χ2n) is 6.81. The molecule has 1 fully saturated rings. The smallest absolute Gasteiger partial charge is 0.272 e. The van der Waals surface area contributed by atoms with Crippen LogP contribution in [0.4, 0.5) is 8.78 Å². The Kier molecular flexibility index (Phi) is 4.53. The van der Waals surface area contributed by atoms with Crippen molar-refractivity contribution in [1.82, 2.24) is 15.1 Å². The normalized spacial score (nSPS) is 21.8. The van der Waals surface area contributed by atoms with Gasteiger partial charge in [0.15, 0.2) is 0 Å². The summed E-state index contributed by atoms with van der Waals surface area (Å²) in [7, 11) is 0. The summed E-state index contributed by atoms with van der Waals surface area (Å²) < 4.78 is 34.5. The molecular weight excluding hydrogens is 332 g/mol. The van der Waals surface area contributed by atoms with Gasteiger partial charge in [-0.05, 0) is 30.9 Å². The summed E-state index contributed by atoms with van der Waals surface area (Å²) in [4.78, 5) is 20.1. The predicted molar refractivity (Wildman–Crippen MR) is 84.3 cm³/mol. The first-order valence-electron chi connectivity index (χ1n) is 8.00. The lowest BCUT2D eigenvalue weighted by atomic mass is 9.53. The molecule has 134 valence electrons. The summed E-state index contributed by atoms with van der Waals surface area (Å²) in [5.74, 6) is 1.24. The zero-order valence-corrected chi connectivity index (χ0v) is 14.2. The predicted octanol–water partition coefficient (Wildman–Crippen LogP) is 3.49. The lowest BCUT2D eigenvalue weighted by Crippen LogP contribution is -2.46. The molecule has 1 aliphatic carbocycles. The van der Waals surface area contributed by atoms with Crippen LogP contribution >= 0.6 is 0 Å². The Bertz CT molecular complexity index is 759. The van der Waals surface area contributed by atoms with E-state index in [0.29, 0.717) is 23.8 Å². The van der Waals surface area contributed by atoms with E-state index in [9.17, 15) is 13.6 Å². The Hall–Kier alpha value is -2.38. The van der Waals surface area contributed by atoms with Gasteiger partial charge in [0.05, 0.1) is 6.20 Å². The van der Waals surface area contributed by atoms with Crippen LogP contribution < -0.4 is 4.74 Å². The van der Waals surface area contributed by atoms with E-state index < -0.39 is 13.0 Å². The van der Waals surface area contributed by atoms with E-state index in [4.69, 9.17) is 9.26 Å². The van der Waals surface area contributed by atoms with Gasteiger partial charge in [-0.15, -0.1) is 0 Å². The standard InChI is InChI=1S/C17H19F2N3O3/c1-9(23)11-6-12(17(11,2)3)16-21-15(22-25-16)13-5-4-10(7-20-13)24-8-14(18)19/h4-5,7,11-12,14H,6,8H2,1-3H3/t11-,12+/m0/s1. The molecule has 8 heteroatoms. The molecule has 0 bridgehead atoms. The van der Waals surface area contributed by atoms with Crippen LogP contribution in [0.3, 0.4) is 0 Å². The third-order valence-electron chi connectivity index (χ3n) is 4.84. The number of alkyl halides is 2. The van der Waals surface area contributed by atoms with Gasteiger partial charge in [-0.25, -0.2) is 13.8 Å². The van der Waals surface area contributed by atoms with Crippen molar-refractivity contribution < 1.29 is 22.8 Å².